The van der Waals surface area contributed by atoms with Crippen LogP contribution in [-0.2, 0) is 27.3 Å². The summed E-state index contributed by atoms with van der Waals surface area (Å²) in [5, 5.41) is 0. The summed E-state index contributed by atoms with van der Waals surface area (Å²) in [6, 6.07) is 13.5. The minimum atomic E-state index is -0.481. The van der Waals surface area contributed by atoms with Crippen LogP contribution in [0.3, 0.4) is 0 Å². The lowest BCUT2D eigenvalue weighted by molar-refractivity contribution is -0.154. The number of esters is 1. The van der Waals surface area contributed by atoms with Crippen LogP contribution in [0, 0.1) is 11.7 Å². The average Bonchev–Trinajstić information content (AvgIpc) is 2.66. The van der Waals surface area contributed by atoms with Crippen LogP contribution in [0.4, 0.5) is 4.39 Å². The molecule has 2 aromatic rings. The van der Waals surface area contributed by atoms with Crippen molar-refractivity contribution < 1.29 is 23.5 Å². The number of benzene rings is 2. The molecule has 0 spiro atoms. The molecule has 0 saturated heterocycles. The number of ether oxygens (including phenoxy) is 2. The first kappa shape index (κ1) is 20.4. The summed E-state index contributed by atoms with van der Waals surface area (Å²) < 4.78 is 23.4. The lowest BCUT2D eigenvalue weighted by Gasteiger charge is -2.18. The molecule has 1 unspecified atom stereocenters. The standard InChI is InChI=1S/C21H24FNO4/c1-15(11-17-5-4-6-18(22)12-17)21(25)27-14-20(24)23(2)13-16-7-9-19(26-3)10-8-16/h4-10,12,15H,11,13-14H2,1-3H3. The number of methoxy groups -OCH3 is 1. The van der Waals surface area contributed by atoms with Crippen LogP contribution >= 0.6 is 0 Å². The second kappa shape index (κ2) is 9.71. The van der Waals surface area contributed by atoms with Crippen molar-refractivity contribution in [2.75, 3.05) is 20.8 Å². The van der Waals surface area contributed by atoms with E-state index in [9.17, 15) is 14.0 Å². The highest BCUT2D eigenvalue weighted by Crippen LogP contribution is 2.14. The fourth-order valence-corrected chi connectivity index (χ4v) is 2.58. The molecule has 2 rings (SSSR count). The maximum Gasteiger partial charge on any atom is 0.309 e. The van der Waals surface area contributed by atoms with Crippen molar-refractivity contribution in [1.29, 1.82) is 0 Å². The summed E-state index contributed by atoms with van der Waals surface area (Å²) in [6.45, 7) is 1.77. The molecule has 6 heteroatoms. The van der Waals surface area contributed by atoms with Crippen LogP contribution in [0.15, 0.2) is 48.5 Å². The van der Waals surface area contributed by atoms with Crippen molar-refractivity contribution >= 4 is 11.9 Å². The second-order valence-corrected chi connectivity index (χ2v) is 6.44. The summed E-state index contributed by atoms with van der Waals surface area (Å²) in [4.78, 5) is 25.8. The summed E-state index contributed by atoms with van der Waals surface area (Å²) >= 11 is 0. The highest BCUT2D eigenvalue weighted by molar-refractivity contribution is 5.81. The summed E-state index contributed by atoms with van der Waals surface area (Å²) in [5.41, 5.74) is 1.65. The Hall–Kier alpha value is -2.89. The van der Waals surface area contributed by atoms with Gasteiger partial charge in [-0.25, -0.2) is 4.39 Å². The Balaban J connectivity index is 1.79. The van der Waals surface area contributed by atoms with E-state index >= 15 is 0 Å². The van der Waals surface area contributed by atoms with Gasteiger partial charge in [0.15, 0.2) is 6.61 Å². The Morgan fingerprint density at radius 2 is 1.81 bits per heavy atom. The molecular weight excluding hydrogens is 349 g/mol. The topological polar surface area (TPSA) is 55.8 Å². The molecule has 0 radical (unpaired) electrons. The molecule has 5 nitrogen and oxygen atoms in total. The Kier molecular flexibility index (Phi) is 7.34. The fourth-order valence-electron chi connectivity index (χ4n) is 2.58. The molecule has 2 aromatic carbocycles. The number of hydrogen-bond donors (Lipinski definition) is 0. The van der Waals surface area contributed by atoms with Gasteiger partial charge in [0.2, 0.25) is 0 Å². The number of likely N-dealkylation sites (N-methyl/N-ethyl adjacent to an activating group) is 1. The largest absolute Gasteiger partial charge is 0.497 e. The highest BCUT2D eigenvalue weighted by atomic mass is 19.1. The molecule has 0 N–H and O–H groups in total. The van der Waals surface area contributed by atoms with Gasteiger partial charge in [-0.1, -0.05) is 31.2 Å². The van der Waals surface area contributed by atoms with E-state index in [1.165, 1.54) is 17.0 Å². The van der Waals surface area contributed by atoms with E-state index in [0.29, 0.717) is 18.5 Å². The van der Waals surface area contributed by atoms with Crippen LogP contribution in [-0.4, -0.2) is 37.5 Å². The molecule has 0 saturated carbocycles. The van der Waals surface area contributed by atoms with Crippen molar-refractivity contribution in [3.05, 3.63) is 65.5 Å². The van der Waals surface area contributed by atoms with Crippen LogP contribution < -0.4 is 4.74 Å². The molecule has 1 amide bonds. The van der Waals surface area contributed by atoms with Crippen LogP contribution in [0.1, 0.15) is 18.1 Å². The van der Waals surface area contributed by atoms with E-state index in [4.69, 9.17) is 9.47 Å². The van der Waals surface area contributed by atoms with Crippen LogP contribution in [0.5, 0.6) is 5.75 Å². The van der Waals surface area contributed by atoms with E-state index < -0.39 is 11.9 Å². The Morgan fingerprint density at radius 1 is 1.11 bits per heavy atom. The molecule has 0 heterocycles. The van der Waals surface area contributed by atoms with Crippen LogP contribution in [0.25, 0.3) is 0 Å². The molecule has 27 heavy (non-hydrogen) atoms. The minimum absolute atomic E-state index is 0.294. The van der Waals surface area contributed by atoms with Gasteiger partial charge >= 0.3 is 5.97 Å². The monoisotopic (exact) mass is 373 g/mol. The third-order valence-corrected chi connectivity index (χ3v) is 4.18. The number of rotatable bonds is 8. The Morgan fingerprint density at radius 3 is 2.44 bits per heavy atom. The van der Waals surface area contributed by atoms with Gasteiger partial charge < -0.3 is 14.4 Å². The van der Waals surface area contributed by atoms with Crippen molar-refractivity contribution in [1.82, 2.24) is 4.90 Å². The zero-order valence-electron chi connectivity index (χ0n) is 15.8. The number of amides is 1. The SMILES string of the molecule is COc1ccc(CN(C)C(=O)COC(=O)C(C)Cc2cccc(F)c2)cc1. The molecule has 0 bridgehead atoms. The minimum Gasteiger partial charge on any atom is -0.497 e. The number of hydrogen-bond acceptors (Lipinski definition) is 4. The summed E-state index contributed by atoms with van der Waals surface area (Å²) in [7, 11) is 3.24. The number of halogens is 1. The zero-order chi connectivity index (χ0) is 19.8. The van der Waals surface area contributed by atoms with Crippen LogP contribution in [0.2, 0.25) is 0 Å². The first-order valence-electron chi connectivity index (χ1n) is 8.67. The summed E-state index contributed by atoms with van der Waals surface area (Å²) in [5.74, 6) is -0.841. The smallest absolute Gasteiger partial charge is 0.309 e. The Labute approximate surface area is 158 Å². The number of carbonyl (C=O) groups excluding carboxylic acids is 2. The number of nitrogens with zero attached hydrogens (tertiary/aromatic N) is 1. The van der Waals surface area contributed by atoms with Crippen molar-refractivity contribution in [3.8, 4) is 5.75 Å². The van der Waals surface area contributed by atoms with E-state index in [1.807, 2.05) is 24.3 Å². The predicted molar refractivity (Wildman–Crippen MR) is 99.7 cm³/mol. The molecule has 0 aliphatic carbocycles. The quantitative estimate of drug-likeness (QED) is 0.667. The molecule has 0 aromatic heterocycles. The molecule has 0 aliphatic heterocycles. The van der Waals surface area contributed by atoms with Gasteiger partial charge in [-0.15, -0.1) is 0 Å². The van der Waals surface area contributed by atoms with Crippen molar-refractivity contribution in [2.24, 2.45) is 5.92 Å². The van der Waals surface area contributed by atoms with E-state index in [2.05, 4.69) is 0 Å². The summed E-state index contributed by atoms with van der Waals surface area (Å²) in [6.07, 6.45) is 0.354. The third-order valence-electron chi connectivity index (χ3n) is 4.18. The highest BCUT2D eigenvalue weighted by Gasteiger charge is 2.18. The average molecular weight is 373 g/mol. The maximum absolute atomic E-state index is 13.2. The zero-order valence-corrected chi connectivity index (χ0v) is 15.8. The normalized spacial score (nSPS) is 11.6. The first-order valence-corrected chi connectivity index (χ1v) is 8.67. The molecule has 0 fully saturated rings. The van der Waals surface area contributed by atoms with Gasteiger partial charge in [-0.2, -0.15) is 0 Å². The van der Waals surface area contributed by atoms with Gasteiger partial charge in [0.25, 0.3) is 5.91 Å². The fraction of sp³-hybridized carbons (Fsp3) is 0.333. The van der Waals surface area contributed by atoms with E-state index in [1.54, 1.807) is 33.2 Å². The van der Waals surface area contributed by atoms with Gasteiger partial charge in [0.05, 0.1) is 13.0 Å². The second-order valence-electron chi connectivity index (χ2n) is 6.44. The van der Waals surface area contributed by atoms with E-state index in [0.717, 1.165) is 11.3 Å². The lowest BCUT2D eigenvalue weighted by atomic mass is 10.0. The maximum atomic E-state index is 13.2. The number of carbonyl (C=O) groups is 2. The Bertz CT molecular complexity index is 776. The van der Waals surface area contributed by atoms with Gasteiger partial charge in [0.1, 0.15) is 11.6 Å². The lowest BCUT2D eigenvalue weighted by Crippen LogP contribution is -2.32. The first-order chi connectivity index (χ1) is 12.9. The predicted octanol–water partition coefficient (Wildman–Crippen LogP) is 3.21. The molecule has 0 aliphatic rings. The molecular formula is C21H24FNO4. The van der Waals surface area contributed by atoms with Crippen molar-refractivity contribution in [3.63, 3.8) is 0 Å². The van der Waals surface area contributed by atoms with Crippen molar-refractivity contribution in [2.45, 2.75) is 19.9 Å². The van der Waals surface area contributed by atoms with E-state index in [-0.39, 0.29) is 18.3 Å². The van der Waals surface area contributed by atoms with Gasteiger partial charge in [-0.05, 0) is 41.8 Å². The molecule has 1 atom stereocenters. The third kappa shape index (κ3) is 6.40. The molecule has 144 valence electrons. The van der Waals surface area contributed by atoms with Gasteiger partial charge in [-0.3, -0.25) is 9.59 Å². The van der Waals surface area contributed by atoms with Gasteiger partial charge in [0, 0.05) is 13.6 Å².